The smallest absolute Gasteiger partial charge is 0.159 e. The number of benzene rings is 2. The highest BCUT2D eigenvalue weighted by Gasteiger charge is 2.24. The number of aromatic nitrogens is 2. The molecule has 3 nitrogen and oxygen atoms in total. The Labute approximate surface area is 158 Å². The summed E-state index contributed by atoms with van der Waals surface area (Å²) < 4.78 is 28.6. The third-order valence-electron chi connectivity index (χ3n) is 5.17. The van der Waals surface area contributed by atoms with Gasteiger partial charge in [0.15, 0.2) is 11.6 Å². The third-order valence-corrected chi connectivity index (χ3v) is 5.17. The van der Waals surface area contributed by atoms with E-state index in [1.165, 1.54) is 34.5 Å². The average molecular weight is 367 g/mol. The Bertz CT molecular complexity index is 957. The van der Waals surface area contributed by atoms with Gasteiger partial charge in [-0.05, 0) is 74.1 Å². The second-order valence-electron chi connectivity index (χ2n) is 7.38. The van der Waals surface area contributed by atoms with Gasteiger partial charge in [-0.3, -0.25) is 0 Å². The zero-order valence-electron chi connectivity index (χ0n) is 15.6. The first-order valence-corrected chi connectivity index (χ1v) is 9.34. The molecule has 0 spiro atoms. The second-order valence-corrected chi connectivity index (χ2v) is 7.38. The summed E-state index contributed by atoms with van der Waals surface area (Å²) in [6, 6.07) is 10.7. The van der Waals surface area contributed by atoms with Crippen LogP contribution in [0.15, 0.2) is 42.6 Å². The van der Waals surface area contributed by atoms with Crippen LogP contribution in [0.5, 0.6) is 0 Å². The first-order valence-electron chi connectivity index (χ1n) is 9.34. The minimum atomic E-state index is -0.812. The van der Waals surface area contributed by atoms with Gasteiger partial charge in [-0.2, -0.15) is 5.10 Å². The molecule has 140 valence electrons. The van der Waals surface area contributed by atoms with Crippen molar-refractivity contribution in [3.05, 3.63) is 82.2 Å². The largest absolute Gasteiger partial charge is 0.306 e. The quantitative estimate of drug-likeness (QED) is 0.708. The normalized spacial score (nSPS) is 16.4. The number of nitrogens with one attached hydrogen (secondary N) is 1. The van der Waals surface area contributed by atoms with Crippen molar-refractivity contribution in [2.24, 2.45) is 0 Å². The van der Waals surface area contributed by atoms with Gasteiger partial charge in [0, 0.05) is 23.8 Å². The van der Waals surface area contributed by atoms with E-state index >= 15 is 0 Å². The molecular formula is C22H23F2N3. The summed E-state index contributed by atoms with van der Waals surface area (Å²) >= 11 is 0. The van der Waals surface area contributed by atoms with E-state index in [0.29, 0.717) is 6.54 Å². The second kappa shape index (κ2) is 7.24. The molecule has 0 bridgehead atoms. The van der Waals surface area contributed by atoms with Crippen LogP contribution in [0.4, 0.5) is 8.78 Å². The van der Waals surface area contributed by atoms with Crippen LogP contribution in [-0.4, -0.2) is 9.78 Å². The number of nitrogens with zero attached hydrogens (tertiary/aromatic N) is 2. The minimum Gasteiger partial charge on any atom is -0.306 e. The van der Waals surface area contributed by atoms with E-state index in [2.05, 4.69) is 42.5 Å². The molecule has 1 aliphatic carbocycles. The molecule has 0 fully saturated rings. The monoisotopic (exact) mass is 367 g/mol. The molecule has 0 saturated carbocycles. The lowest BCUT2D eigenvalue weighted by molar-refractivity contribution is 0.452. The first-order chi connectivity index (χ1) is 13.0. The number of rotatable bonds is 4. The zero-order chi connectivity index (χ0) is 19.0. The Hall–Kier alpha value is -2.53. The van der Waals surface area contributed by atoms with E-state index in [1.54, 1.807) is 6.07 Å². The van der Waals surface area contributed by atoms with Crippen LogP contribution < -0.4 is 5.32 Å². The number of aryl methyl sites for hydroxylation is 2. The summed E-state index contributed by atoms with van der Waals surface area (Å²) in [6.07, 6.45) is 5.01. The van der Waals surface area contributed by atoms with Gasteiger partial charge in [0.25, 0.3) is 0 Å². The number of hydrogen-bond acceptors (Lipinski definition) is 2. The van der Waals surface area contributed by atoms with Crippen molar-refractivity contribution in [2.75, 3.05) is 0 Å². The molecule has 4 rings (SSSR count). The highest BCUT2D eigenvalue weighted by Crippen LogP contribution is 2.31. The van der Waals surface area contributed by atoms with E-state index in [4.69, 9.17) is 0 Å². The fourth-order valence-electron chi connectivity index (χ4n) is 3.95. The molecule has 1 heterocycles. The molecule has 0 radical (unpaired) electrons. The molecule has 0 aliphatic heterocycles. The lowest BCUT2D eigenvalue weighted by Gasteiger charge is -2.24. The lowest BCUT2D eigenvalue weighted by Crippen LogP contribution is -2.25. The van der Waals surface area contributed by atoms with Crippen molar-refractivity contribution in [3.8, 4) is 5.69 Å². The molecule has 1 aromatic heterocycles. The SMILES string of the molecule is Cc1cc(C)cc(-n2ncc3c2CCC[C@H]3NCc2ccc(F)c(F)c2)c1. The summed E-state index contributed by atoms with van der Waals surface area (Å²) in [5, 5.41) is 8.13. The van der Waals surface area contributed by atoms with Crippen LogP contribution in [0.2, 0.25) is 0 Å². The van der Waals surface area contributed by atoms with Crippen LogP contribution >= 0.6 is 0 Å². The minimum absolute atomic E-state index is 0.168. The fraction of sp³-hybridized carbons (Fsp3) is 0.318. The summed E-state index contributed by atoms with van der Waals surface area (Å²) in [6.45, 7) is 4.69. The number of fused-ring (bicyclic) bond motifs is 1. The van der Waals surface area contributed by atoms with Gasteiger partial charge < -0.3 is 5.32 Å². The lowest BCUT2D eigenvalue weighted by atomic mass is 9.92. The fourth-order valence-corrected chi connectivity index (χ4v) is 3.95. The summed E-state index contributed by atoms with van der Waals surface area (Å²) in [4.78, 5) is 0. The first kappa shape index (κ1) is 17.9. The summed E-state index contributed by atoms with van der Waals surface area (Å²) in [7, 11) is 0. The molecule has 1 N–H and O–H groups in total. The van der Waals surface area contributed by atoms with Crippen LogP contribution in [0.25, 0.3) is 5.69 Å². The molecule has 2 aromatic carbocycles. The molecule has 0 saturated heterocycles. The molecule has 0 unspecified atom stereocenters. The van der Waals surface area contributed by atoms with E-state index in [1.807, 2.05) is 10.9 Å². The van der Waals surface area contributed by atoms with Gasteiger partial charge >= 0.3 is 0 Å². The topological polar surface area (TPSA) is 29.9 Å². The maximum absolute atomic E-state index is 13.4. The summed E-state index contributed by atoms with van der Waals surface area (Å²) in [5.74, 6) is -1.62. The van der Waals surface area contributed by atoms with Crippen LogP contribution in [0.3, 0.4) is 0 Å². The molecule has 3 aromatic rings. The Morgan fingerprint density at radius 1 is 1.07 bits per heavy atom. The van der Waals surface area contributed by atoms with Crippen molar-refractivity contribution in [2.45, 2.75) is 45.7 Å². The standard InChI is InChI=1S/C22H23F2N3/c1-14-8-15(2)10-17(9-14)27-22-5-3-4-21(18(22)13-26-27)25-12-16-6-7-19(23)20(24)11-16/h6-11,13,21,25H,3-5,12H2,1-2H3/t21-/m1/s1. The predicted molar refractivity (Wildman–Crippen MR) is 102 cm³/mol. The Kier molecular flexibility index (Phi) is 4.79. The van der Waals surface area contributed by atoms with Gasteiger partial charge in [0.05, 0.1) is 11.9 Å². The van der Waals surface area contributed by atoms with Gasteiger partial charge in [0.1, 0.15) is 0 Å². The number of halogens is 2. The van der Waals surface area contributed by atoms with E-state index in [0.717, 1.165) is 30.5 Å². The van der Waals surface area contributed by atoms with Gasteiger partial charge in [-0.15, -0.1) is 0 Å². The zero-order valence-corrected chi connectivity index (χ0v) is 15.6. The molecule has 1 aliphatic rings. The maximum Gasteiger partial charge on any atom is 0.159 e. The van der Waals surface area contributed by atoms with Crippen molar-refractivity contribution >= 4 is 0 Å². The third kappa shape index (κ3) is 3.65. The Morgan fingerprint density at radius 2 is 1.85 bits per heavy atom. The van der Waals surface area contributed by atoms with Crippen LogP contribution in [0.1, 0.15) is 46.8 Å². The van der Waals surface area contributed by atoms with Crippen molar-refractivity contribution in [3.63, 3.8) is 0 Å². The van der Waals surface area contributed by atoms with Crippen LogP contribution in [-0.2, 0) is 13.0 Å². The maximum atomic E-state index is 13.4. The van der Waals surface area contributed by atoms with Gasteiger partial charge in [-0.25, -0.2) is 13.5 Å². The molecular weight excluding hydrogens is 344 g/mol. The van der Waals surface area contributed by atoms with Crippen molar-refractivity contribution in [1.82, 2.24) is 15.1 Å². The number of hydrogen-bond donors (Lipinski definition) is 1. The van der Waals surface area contributed by atoms with Crippen LogP contribution in [0, 0.1) is 25.5 Å². The van der Waals surface area contributed by atoms with Gasteiger partial charge in [0.2, 0.25) is 0 Å². The predicted octanol–water partition coefficient (Wildman–Crippen LogP) is 4.93. The molecule has 0 amide bonds. The van der Waals surface area contributed by atoms with E-state index in [-0.39, 0.29) is 6.04 Å². The van der Waals surface area contributed by atoms with E-state index < -0.39 is 11.6 Å². The highest BCUT2D eigenvalue weighted by atomic mass is 19.2. The molecule has 1 atom stereocenters. The van der Waals surface area contributed by atoms with Crippen molar-refractivity contribution < 1.29 is 8.78 Å². The average Bonchev–Trinajstić information content (AvgIpc) is 3.06. The van der Waals surface area contributed by atoms with E-state index in [9.17, 15) is 8.78 Å². The molecule has 27 heavy (non-hydrogen) atoms. The Balaban J connectivity index is 1.57. The summed E-state index contributed by atoms with van der Waals surface area (Å²) in [5.41, 5.74) is 6.70. The molecule has 5 heteroatoms. The van der Waals surface area contributed by atoms with Crippen molar-refractivity contribution in [1.29, 1.82) is 0 Å². The highest BCUT2D eigenvalue weighted by molar-refractivity contribution is 5.42. The van der Waals surface area contributed by atoms with Gasteiger partial charge in [-0.1, -0.05) is 12.1 Å². The Morgan fingerprint density at radius 3 is 2.59 bits per heavy atom.